The summed E-state index contributed by atoms with van der Waals surface area (Å²) in [7, 11) is 0. The summed E-state index contributed by atoms with van der Waals surface area (Å²) in [6, 6.07) is 7.83. The van der Waals surface area contributed by atoms with Crippen LogP contribution in [0.1, 0.15) is 194 Å². The van der Waals surface area contributed by atoms with Gasteiger partial charge in [-0.15, -0.1) is 0 Å². The molecule has 0 radical (unpaired) electrons. The summed E-state index contributed by atoms with van der Waals surface area (Å²) in [6.07, 6.45) is 26.7. The predicted octanol–water partition coefficient (Wildman–Crippen LogP) is 12.4. The highest BCUT2D eigenvalue weighted by Gasteiger charge is 2.19. The number of rotatable bonds is 26. The molecule has 248 valence electrons. The summed E-state index contributed by atoms with van der Waals surface area (Å²) in [5, 5.41) is 22.5. The average Bonchev–Trinajstić information content (AvgIpc) is 3.02. The molecule has 44 heavy (non-hydrogen) atoms. The van der Waals surface area contributed by atoms with Gasteiger partial charge in [-0.05, 0) is 97.9 Å². The maximum Gasteiger partial charge on any atom is 0.193 e. The Morgan fingerprint density at radius 1 is 0.409 bits per heavy atom. The molecule has 0 saturated heterocycles. The highest BCUT2D eigenvalue weighted by molar-refractivity contribution is 6.09. The van der Waals surface area contributed by atoms with Crippen molar-refractivity contribution in [2.75, 3.05) is 0 Å². The molecular formula is C41H66O3. The zero-order valence-corrected chi connectivity index (χ0v) is 29.1. The first-order valence-electron chi connectivity index (χ1n) is 18.7. The minimum absolute atomic E-state index is 0.0175. The fourth-order valence-corrected chi connectivity index (χ4v) is 6.39. The van der Waals surface area contributed by atoms with E-state index in [1.807, 2.05) is 24.3 Å². The monoisotopic (exact) mass is 607 g/mol. The minimum Gasteiger partial charge on any atom is -0.507 e. The van der Waals surface area contributed by atoms with Gasteiger partial charge in [0.05, 0.1) is 0 Å². The van der Waals surface area contributed by atoms with Crippen molar-refractivity contribution in [3.05, 3.63) is 57.6 Å². The lowest BCUT2D eigenvalue weighted by Gasteiger charge is -2.16. The second-order valence-electron chi connectivity index (χ2n) is 13.3. The number of phenols is 2. The molecule has 2 rings (SSSR count). The standard InChI is InChI=1S/C41H66O3/c1-5-9-13-17-21-25-33-29-37(30-34(39(33)42)26-22-18-14-10-6-2)41(44)38-31-35(27-23-19-15-11-7-3)40(43)36(32-38)28-24-20-16-12-8-4/h29-32,42-43H,5-28H2,1-4H3. The lowest BCUT2D eigenvalue weighted by molar-refractivity contribution is 0.103. The normalized spacial score (nSPS) is 11.4. The van der Waals surface area contributed by atoms with E-state index in [-0.39, 0.29) is 5.78 Å². The number of carbonyl (C=O) groups is 1. The molecule has 0 aromatic heterocycles. The summed E-state index contributed by atoms with van der Waals surface area (Å²) in [5.41, 5.74) is 5.04. The Hall–Kier alpha value is -2.29. The van der Waals surface area contributed by atoms with Crippen molar-refractivity contribution >= 4 is 5.78 Å². The van der Waals surface area contributed by atoms with Crippen LogP contribution in [0.15, 0.2) is 24.3 Å². The van der Waals surface area contributed by atoms with Gasteiger partial charge in [-0.2, -0.15) is 0 Å². The van der Waals surface area contributed by atoms with Gasteiger partial charge < -0.3 is 10.2 Å². The van der Waals surface area contributed by atoms with Crippen LogP contribution < -0.4 is 0 Å². The van der Waals surface area contributed by atoms with Crippen molar-refractivity contribution in [1.29, 1.82) is 0 Å². The molecule has 0 bridgehead atoms. The molecule has 3 heteroatoms. The summed E-state index contributed by atoms with van der Waals surface area (Å²) in [5.74, 6) is 0.821. The maximum absolute atomic E-state index is 14.2. The Morgan fingerprint density at radius 2 is 0.636 bits per heavy atom. The van der Waals surface area contributed by atoms with Crippen LogP contribution in [0, 0.1) is 0 Å². The molecule has 0 spiro atoms. The van der Waals surface area contributed by atoms with Gasteiger partial charge in [-0.25, -0.2) is 0 Å². The van der Waals surface area contributed by atoms with E-state index in [4.69, 9.17) is 0 Å². The fraction of sp³-hybridized carbons (Fsp3) is 0.683. The van der Waals surface area contributed by atoms with Gasteiger partial charge >= 0.3 is 0 Å². The zero-order valence-electron chi connectivity index (χ0n) is 29.1. The van der Waals surface area contributed by atoms with Crippen molar-refractivity contribution in [2.45, 2.75) is 182 Å². The third-order valence-corrected chi connectivity index (χ3v) is 9.26. The van der Waals surface area contributed by atoms with E-state index in [0.717, 1.165) is 99.3 Å². The van der Waals surface area contributed by atoms with E-state index in [2.05, 4.69) is 27.7 Å². The minimum atomic E-state index is 0.0175. The highest BCUT2D eigenvalue weighted by atomic mass is 16.3. The largest absolute Gasteiger partial charge is 0.507 e. The Bertz CT molecular complexity index is 916. The van der Waals surface area contributed by atoms with Crippen molar-refractivity contribution < 1.29 is 15.0 Å². The number of unbranched alkanes of at least 4 members (excludes halogenated alkanes) is 16. The van der Waals surface area contributed by atoms with E-state index in [0.29, 0.717) is 22.6 Å². The van der Waals surface area contributed by atoms with E-state index >= 15 is 0 Å². The topological polar surface area (TPSA) is 57.5 Å². The molecule has 0 aliphatic heterocycles. The first-order chi connectivity index (χ1) is 21.5. The van der Waals surface area contributed by atoms with Gasteiger partial charge in [-0.3, -0.25) is 4.79 Å². The van der Waals surface area contributed by atoms with Crippen molar-refractivity contribution in [3.63, 3.8) is 0 Å². The lowest BCUT2D eigenvalue weighted by atomic mass is 9.90. The molecule has 0 aliphatic rings. The third kappa shape index (κ3) is 13.8. The van der Waals surface area contributed by atoms with Crippen LogP contribution in [0.2, 0.25) is 0 Å². The zero-order chi connectivity index (χ0) is 32.0. The molecule has 2 aromatic carbocycles. The van der Waals surface area contributed by atoms with Gasteiger partial charge in [0.25, 0.3) is 0 Å². The molecule has 0 fully saturated rings. The molecule has 0 atom stereocenters. The van der Waals surface area contributed by atoms with Crippen molar-refractivity contribution in [3.8, 4) is 11.5 Å². The predicted molar refractivity (Wildman–Crippen MR) is 189 cm³/mol. The van der Waals surface area contributed by atoms with E-state index in [1.165, 1.54) is 77.0 Å². The number of hydrogen-bond donors (Lipinski definition) is 2. The molecule has 2 N–H and O–H groups in total. The van der Waals surface area contributed by atoms with Crippen LogP contribution in [-0.2, 0) is 25.7 Å². The second kappa shape index (κ2) is 23.1. The molecular weight excluding hydrogens is 540 g/mol. The molecule has 0 unspecified atom stereocenters. The van der Waals surface area contributed by atoms with Crippen molar-refractivity contribution in [1.82, 2.24) is 0 Å². The average molecular weight is 607 g/mol. The van der Waals surface area contributed by atoms with Crippen LogP contribution >= 0.6 is 0 Å². The summed E-state index contributed by atoms with van der Waals surface area (Å²) < 4.78 is 0. The van der Waals surface area contributed by atoms with E-state index < -0.39 is 0 Å². The van der Waals surface area contributed by atoms with E-state index in [1.54, 1.807) is 0 Å². The first kappa shape index (κ1) is 37.9. The number of aromatic hydroxyl groups is 2. The van der Waals surface area contributed by atoms with Crippen LogP contribution in [0.4, 0.5) is 0 Å². The number of aryl methyl sites for hydroxylation is 4. The maximum atomic E-state index is 14.2. The van der Waals surface area contributed by atoms with Crippen LogP contribution in [0.3, 0.4) is 0 Å². The molecule has 0 saturated carbocycles. The van der Waals surface area contributed by atoms with Gasteiger partial charge in [0, 0.05) is 11.1 Å². The number of carbonyl (C=O) groups excluding carboxylic acids is 1. The molecule has 0 aliphatic carbocycles. The summed E-state index contributed by atoms with van der Waals surface area (Å²) >= 11 is 0. The lowest BCUT2D eigenvalue weighted by Crippen LogP contribution is -2.07. The first-order valence-corrected chi connectivity index (χ1v) is 18.7. The molecule has 2 aromatic rings. The Labute approximate surface area is 271 Å². The van der Waals surface area contributed by atoms with Gasteiger partial charge in [0.1, 0.15) is 11.5 Å². The smallest absolute Gasteiger partial charge is 0.193 e. The Morgan fingerprint density at radius 3 is 0.864 bits per heavy atom. The number of hydrogen-bond acceptors (Lipinski definition) is 3. The quantitative estimate of drug-likeness (QED) is 0.0827. The van der Waals surface area contributed by atoms with Crippen LogP contribution in [0.5, 0.6) is 11.5 Å². The summed E-state index contributed by atoms with van der Waals surface area (Å²) in [6.45, 7) is 8.92. The Balaban J connectivity index is 2.37. The number of benzene rings is 2. The fourth-order valence-electron chi connectivity index (χ4n) is 6.39. The highest BCUT2D eigenvalue weighted by Crippen LogP contribution is 2.32. The van der Waals surface area contributed by atoms with Gasteiger partial charge in [-0.1, -0.05) is 130 Å². The van der Waals surface area contributed by atoms with Crippen LogP contribution in [-0.4, -0.2) is 16.0 Å². The second-order valence-corrected chi connectivity index (χ2v) is 13.3. The number of phenolic OH excluding ortho intramolecular Hbond substituents is 2. The van der Waals surface area contributed by atoms with Crippen molar-refractivity contribution in [2.24, 2.45) is 0 Å². The third-order valence-electron chi connectivity index (χ3n) is 9.26. The molecule has 0 amide bonds. The molecule has 0 heterocycles. The van der Waals surface area contributed by atoms with E-state index in [9.17, 15) is 15.0 Å². The molecule has 3 nitrogen and oxygen atoms in total. The Kier molecular flexibility index (Phi) is 19.9. The SMILES string of the molecule is CCCCCCCc1cc(C(=O)c2cc(CCCCCCC)c(O)c(CCCCCCC)c2)cc(CCCCCCC)c1O. The summed E-state index contributed by atoms with van der Waals surface area (Å²) in [4.78, 5) is 14.2. The van der Waals surface area contributed by atoms with Crippen LogP contribution in [0.25, 0.3) is 0 Å². The van der Waals surface area contributed by atoms with Gasteiger partial charge in [0.2, 0.25) is 0 Å². The van der Waals surface area contributed by atoms with Gasteiger partial charge in [0.15, 0.2) is 5.78 Å². The number of ketones is 1.